The molecule has 3 rings (SSSR count). The first kappa shape index (κ1) is 33.8. The first-order valence-electron chi connectivity index (χ1n) is 13.9. The largest absolute Gasteiger partial charge is 0.493 e. The van der Waals surface area contributed by atoms with Crippen LogP contribution in [0.2, 0.25) is 0 Å². The van der Waals surface area contributed by atoms with Crippen molar-refractivity contribution in [1.29, 1.82) is 0 Å². The summed E-state index contributed by atoms with van der Waals surface area (Å²) in [5, 5.41) is 13.7. The number of amides is 2. The zero-order valence-corrected chi connectivity index (χ0v) is 26.5. The summed E-state index contributed by atoms with van der Waals surface area (Å²) in [5.74, 6) is 1.59. The molecular weight excluding hydrogens is 586 g/mol. The first-order valence-corrected chi connectivity index (χ1v) is 14.9. The van der Waals surface area contributed by atoms with Crippen LogP contribution >= 0.6 is 11.8 Å². The van der Waals surface area contributed by atoms with E-state index in [4.69, 9.17) is 18.9 Å². The third-order valence-corrected chi connectivity index (χ3v) is 7.65. The van der Waals surface area contributed by atoms with E-state index in [1.54, 1.807) is 77.1 Å². The zero-order chi connectivity index (χ0) is 32.2. The second-order valence-corrected chi connectivity index (χ2v) is 10.5. The molecule has 0 aliphatic carbocycles. The SMILES string of the molecule is CCN(C)C(=O)Oc1ccc(/C=C/SCC(c2ccc(-c3ccc(OC)c(OC)c3)cc2)[N+](=O)[O-])cc1OC(=O)N(C)CC. The molecule has 0 aromatic heterocycles. The van der Waals surface area contributed by atoms with Crippen LogP contribution in [0.3, 0.4) is 0 Å². The quantitative estimate of drug-likeness (QED) is 0.146. The molecule has 0 fully saturated rings. The molecule has 2 amide bonds. The monoisotopic (exact) mass is 623 g/mol. The molecule has 0 saturated carbocycles. The van der Waals surface area contributed by atoms with Gasteiger partial charge in [0.2, 0.25) is 6.04 Å². The van der Waals surface area contributed by atoms with E-state index in [1.165, 1.54) is 21.6 Å². The van der Waals surface area contributed by atoms with Gasteiger partial charge in [0.05, 0.1) is 20.0 Å². The molecule has 0 aliphatic rings. The molecule has 0 bridgehead atoms. The van der Waals surface area contributed by atoms with Crippen LogP contribution < -0.4 is 18.9 Å². The number of ether oxygens (including phenoxy) is 4. The second-order valence-electron chi connectivity index (χ2n) is 9.60. The van der Waals surface area contributed by atoms with Crippen molar-refractivity contribution < 1.29 is 33.5 Å². The van der Waals surface area contributed by atoms with Crippen LogP contribution in [0.5, 0.6) is 23.0 Å². The maximum absolute atomic E-state index is 12.4. The summed E-state index contributed by atoms with van der Waals surface area (Å²) in [4.78, 5) is 39.1. The lowest BCUT2D eigenvalue weighted by Gasteiger charge is -2.18. The van der Waals surface area contributed by atoms with E-state index in [0.717, 1.165) is 11.1 Å². The van der Waals surface area contributed by atoms with Crippen molar-refractivity contribution in [2.75, 3.05) is 47.2 Å². The molecule has 3 aromatic carbocycles. The maximum atomic E-state index is 12.4. The van der Waals surface area contributed by atoms with E-state index in [1.807, 2.05) is 37.3 Å². The number of thioether (sulfide) groups is 1. The molecule has 0 saturated heterocycles. The zero-order valence-electron chi connectivity index (χ0n) is 25.6. The topological polar surface area (TPSA) is 121 Å². The number of hydrogen-bond donors (Lipinski definition) is 0. The van der Waals surface area contributed by atoms with Crippen molar-refractivity contribution in [1.82, 2.24) is 9.80 Å². The molecule has 0 spiro atoms. The predicted molar refractivity (Wildman–Crippen MR) is 171 cm³/mol. The summed E-state index contributed by atoms with van der Waals surface area (Å²) in [7, 11) is 6.32. The van der Waals surface area contributed by atoms with Gasteiger partial charge in [-0.1, -0.05) is 36.4 Å². The van der Waals surface area contributed by atoms with Crippen molar-refractivity contribution >= 4 is 30.0 Å². The number of rotatable bonds is 13. The molecule has 0 heterocycles. The Hall–Kier alpha value is -4.71. The smallest absolute Gasteiger partial charge is 0.415 e. The Bertz CT molecular complexity index is 1480. The number of benzene rings is 3. The minimum absolute atomic E-state index is 0.0815. The third-order valence-electron chi connectivity index (χ3n) is 6.81. The van der Waals surface area contributed by atoms with Crippen LogP contribution in [0.4, 0.5) is 9.59 Å². The fourth-order valence-corrected chi connectivity index (χ4v) is 4.72. The van der Waals surface area contributed by atoms with Crippen molar-refractivity contribution in [3.05, 3.63) is 87.3 Å². The average Bonchev–Trinajstić information content (AvgIpc) is 3.04. The Kier molecular flexibility index (Phi) is 12.5. The van der Waals surface area contributed by atoms with Gasteiger partial charge >= 0.3 is 12.2 Å². The molecule has 3 aromatic rings. The van der Waals surface area contributed by atoms with Crippen molar-refractivity contribution in [3.8, 4) is 34.1 Å². The Labute approximate surface area is 261 Å². The standard InChI is InChI=1S/C32H37N3O8S/c1-7-33(3)31(36)42-28-15-9-22(19-30(28)43-32(37)34(4)8-2)17-18-44-21-26(35(38)39)24-12-10-23(11-13-24)25-14-16-27(40-5)29(20-25)41-6/h9-20,26H,7-8,21H2,1-6H3/b18-17+. The number of carbonyl (C=O) groups is 2. The number of methoxy groups -OCH3 is 2. The van der Waals surface area contributed by atoms with E-state index in [2.05, 4.69) is 0 Å². The van der Waals surface area contributed by atoms with Crippen LogP contribution in [0, 0.1) is 10.1 Å². The van der Waals surface area contributed by atoms with Gasteiger partial charge in [-0.05, 0) is 66.3 Å². The van der Waals surface area contributed by atoms with Gasteiger partial charge < -0.3 is 28.7 Å². The van der Waals surface area contributed by atoms with Gasteiger partial charge in [-0.2, -0.15) is 0 Å². The molecule has 1 atom stereocenters. The molecule has 0 N–H and O–H groups in total. The van der Waals surface area contributed by atoms with E-state index >= 15 is 0 Å². The van der Waals surface area contributed by atoms with Crippen LogP contribution in [0.15, 0.2) is 66.1 Å². The van der Waals surface area contributed by atoms with Crippen LogP contribution in [0.1, 0.15) is 31.0 Å². The first-order chi connectivity index (χ1) is 21.1. The normalized spacial score (nSPS) is 11.5. The summed E-state index contributed by atoms with van der Waals surface area (Å²) in [6.45, 7) is 4.49. The molecule has 1 unspecified atom stereocenters. The fraction of sp³-hybridized carbons (Fsp3) is 0.312. The number of carbonyl (C=O) groups excluding carboxylic acids is 2. The minimum Gasteiger partial charge on any atom is -0.493 e. The number of nitrogens with zero attached hydrogens (tertiary/aromatic N) is 3. The molecule has 11 nitrogen and oxygen atoms in total. The van der Waals surface area contributed by atoms with Crippen LogP contribution in [-0.4, -0.2) is 74.1 Å². The Balaban J connectivity index is 1.73. The van der Waals surface area contributed by atoms with Crippen molar-refractivity contribution in [2.45, 2.75) is 19.9 Å². The lowest BCUT2D eigenvalue weighted by Crippen LogP contribution is -2.31. The highest BCUT2D eigenvalue weighted by Crippen LogP contribution is 2.34. The van der Waals surface area contributed by atoms with Gasteiger partial charge in [-0.15, -0.1) is 11.8 Å². The van der Waals surface area contributed by atoms with E-state index in [9.17, 15) is 19.7 Å². The van der Waals surface area contributed by atoms with Crippen LogP contribution in [0.25, 0.3) is 17.2 Å². The summed E-state index contributed by atoms with van der Waals surface area (Å²) >= 11 is 1.28. The highest BCUT2D eigenvalue weighted by Gasteiger charge is 2.23. The number of hydrogen-bond acceptors (Lipinski definition) is 9. The van der Waals surface area contributed by atoms with Crippen molar-refractivity contribution in [2.24, 2.45) is 0 Å². The van der Waals surface area contributed by atoms with Gasteiger partial charge in [0.25, 0.3) is 0 Å². The highest BCUT2D eigenvalue weighted by molar-refractivity contribution is 8.02. The van der Waals surface area contributed by atoms with Crippen molar-refractivity contribution in [3.63, 3.8) is 0 Å². The molecule has 44 heavy (non-hydrogen) atoms. The molecular formula is C32H37N3O8S. The summed E-state index contributed by atoms with van der Waals surface area (Å²) in [6, 6.07) is 16.7. The van der Waals surface area contributed by atoms with E-state index in [0.29, 0.717) is 35.7 Å². The average molecular weight is 624 g/mol. The third kappa shape index (κ3) is 8.90. The Morgan fingerprint density at radius 3 is 1.95 bits per heavy atom. The number of nitro groups is 1. The Morgan fingerprint density at radius 2 is 1.39 bits per heavy atom. The van der Waals surface area contributed by atoms with E-state index in [-0.39, 0.29) is 22.2 Å². The van der Waals surface area contributed by atoms with Gasteiger partial charge in [0.1, 0.15) is 0 Å². The fourth-order valence-electron chi connectivity index (χ4n) is 3.86. The van der Waals surface area contributed by atoms with Gasteiger partial charge in [-0.3, -0.25) is 10.1 Å². The second kappa shape index (κ2) is 16.2. The van der Waals surface area contributed by atoms with Gasteiger partial charge in [-0.25, -0.2) is 9.59 Å². The van der Waals surface area contributed by atoms with Gasteiger partial charge in [0, 0.05) is 37.7 Å². The Morgan fingerprint density at radius 1 is 0.818 bits per heavy atom. The molecule has 12 heteroatoms. The highest BCUT2D eigenvalue weighted by atomic mass is 32.2. The molecule has 0 aliphatic heterocycles. The molecule has 234 valence electrons. The molecule has 0 radical (unpaired) electrons. The van der Waals surface area contributed by atoms with E-state index < -0.39 is 18.2 Å². The van der Waals surface area contributed by atoms with Crippen LogP contribution in [-0.2, 0) is 0 Å². The minimum atomic E-state index is -0.928. The maximum Gasteiger partial charge on any atom is 0.415 e. The summed E-state index contributed by atoms with van der Waals surface area (Å²) < 4.78 is 21.6. The predicted octanol–water partition coefficient (Wildman–Crippen LogP) is 6.99. The van der Waals surface area contributed by atoms with Gasteiger partial charge in [0.15, 0.2) is 23.0 Å². The summed E-state index contributed by atoms with van der Waals surface area (Å²) in [5.41, 5.74) is 3.02. The lowest BCUT2D eigenvalue weighted by molar-refractivity contribution is -0.522. The lowest BCUT2D eigenvalue weighted by atomic mass is 10.0. The summed E-state index contributed by atoms with van der Waals surface area (Å²) in [6.07, 6.45) is 0.553.